The minimum atomic E-state index is -0.481. The molecule has 2 aromatic heterocycles. The minimum absolute atomic E-state index is 0.0398. The minimum Gasteiger partial charge on any atom is -0.325 e. The summed E-state index contributed by atoms with van der Waals surface area (Å²) in [7, 11) is 0. The summed E-state index contributed by atoms with van der Waals surface area (Å²) in [6, 6.07) is 14.5. The van der Waals surface area contributed by atoms with Gasteiger partial charge in [0.15, 0.2) is 0 Å². The van der Waals surface area contributed by atoms with Gasteiger partial charge in [-0.15, -0.1) is 0 Å². The molecular formula is C14H10N4O2. The van der Waals surface area contributed by atoms with E-state index in [9.17, 15) is 10.1 Å². The highest BCUT2D eigenvalue weighted by Crippen LogP contribution is 2.18. The first-order valence-electron chi connectivity index (χ1n) is 5.96. The average Bonchev–Trinajstić information content (AvgIpc) is 2.48. The van der Waals surface area contributed by atoms with E-state index in [0.717, 1.165) is 10.9 Å². The van der Waals surface area contributed by atoms with Crippen molar-refractivity contribution in [3.8, 4) is 0 Å². The molecule has 0 saturated carbocycles. The molecule has 20 heavy (non-hydrogen) atoms. The van der Waals surface area contributed by atoms with Crippen molar-refractivity contribution in [2.75, 3.05) is 5.32 Å². The van der Waals surface area contributed by atoms with Crippen LogP contribution >= 0.6 is 0 Å². The summed E-state index contributed by atoms with van der Waals surface area (Å²) in [4.78, 5) is 18.5. The lowest BCUT2D eigenvalue weighted by Crippen LogP contribution is -1.97. The molecule has 0 aliphatic rings. The smallest absolute Gasteiger partial charge is 0.287 e. The number of pyridine rings is 2. The van der Waals surface area contributed by atoms with Crippen LogP contribution in [0.3, 0.4) is 0 Å². The Balaban J connectivity index is 1.87. The lowest BCUT2D eigenvalue weighted by Gasteiger charge is -2.05. The first kappa shape index (κ1) is 12.0. The third-order valence-electron chi connectivity index (χ3n) is 2.81. The number of fused-ring (bicyclic) bond motifs is 1. The Hall–Kier alpha value is -3.02. The fourth-order valence-corrected chi connectivity index (χ4v) is 1.83. The SMILES string of the molecule is O=[N+]([O-])c1ccc(Nc2ccc3ccccc3n2)nc1. The summed E-state index contributed by atoms with van der Waals surface area (Å²) in [5.74, 6) is 1.16. The van der Waals surface area contributed by atoms with E-state index in [1.54, 1.807) is 6.07 Å². The van der Waals surface area contributed by atoms with Crippen LogP contribution in [-0.2, 0) is 0 Å². The second-order valence-corrected chi connectivity index (χ2v) is 4.17. The molecular weight excluding hydrogens is 256 g/mol. The number of benzene rings is 1. The number of para-hydroxylation sites is 1. The van der Waals surface area contributed by atoms with Gasteiger partial charge in [-0.1, -0.05) is 18.2 Å². The van der Waals surface area contributed by atoms with E-state index in [1.807, 2.05) is 36.4 Å². The molecule has 0 saturated heterocycles. The highest BCUT2D eigenvalue weighted by Gasteiger charge is 2.05. The van der Waals surface area contributed by atoms with Crippen LogP contribution in [0, 0.1) is 10.1 Å². The van der Waals surface area contributed by atoms with Crippen LogP contribution in [-0.4, -0.2) is 14.9 Å². The lowest BCUT2D eigenvalue weighted by molar-refractivity contribution is -0.385. The van der Waals surface area contributed by atoms with Gasteiger partial charge in [-0.25, -0.2) is 9.97 Å². The molecule has 0 bridgehead atoms. The number of nitrogens with one attached hydrogen (secondary N) is 1. The Bertz CT molecular complexity index is 771. The molecule has 6 nitrogen and oxygen atoms in total. The number of aromatic nitrogens is 2. The van der Waals surface area contributed by atoms with Gasteiger partial charge < -0.3 is 5.32 Å². The molecule has 1 N–H and O–H groups in total. The van der Waals surface area contributed by atoms with Crippen molar-refractivity contribution in [3.63, 3.8) is 0 Å². The van der Waals surface area contributed by atoms with Crippen LogP contribution in [0.2, 0.25) is 0 Å². The number of anilines is 2. The third-order valence-corrected chi connectivity index (χ3v) is 2.81. The molecule has 0 atom stereocenters. The summed E-state index contributed by atoms with van der Waals surface area (Å²) >= 11 is 0. The third kappa shape index (κ3) is 2.39. The predicted molar refractivity (Wildman–Crippen MR) is 75.9 cm³/mol. The van der Waals surface area contributed by atoms with Crippen molar-refractivity contribution in [1.82, 2.24) is 9.97 Å². The normalized spacial score (nSPS) is 10.4. The number of rotatable bonds is 3. The lowest BCUT2D eigenvalue weighted by atomic mass is 10.2. The van der Waals surface area contributed by atoms with Gasteiger partial charge in [0, 0.05) is 11.5 Å². The van der Waals surface area contributed by atoms with E-state index in [4.69, 9.17) is 0 Å². The first-order valence-corrected chi connectivity index (χ1v) is 5.96. The zero-order valence-corrected chi connectivity index (χ0v) is 10.4. The molecule has 3 aromatic rings. The van der Waals surface area contributed by atoms with Gasteiger partial charge in [-0.2, -0.15) is 0 Å². The maximum Gasteiger partial charge on any atom is 0.287 e. The molecule has 3 rings (SSSR count). The van der Waals surface area contributed by atoms with Gasteiger partial charge in [0.25, 0.3) is 5.69 Å². The molecule has 6 heteroatoms. The molecule has 2 heterocycles. The average molecular weight is 266 g/mol. The standard InChI is InChI=1S/C14H10N4O2/c19-18(20)11-6-8-13(15-9-11)17-14-7-5-10-3-1-2-4-12(10)16-14/h1-9H,(H,15,16,17). The van der Waals surface area contributed by atoms with Crippen LogP contribution in [0.5, 0.6) is 0 Å². The van der Waals surface area contributed by atoms with Crippen LogP contribution in [0.25, 0.3) is 10.9 Å². The van der Waals surface area contributed by atoms with Crippen molar-refractivity contribution in [2.45, 2.75) is 0 Å². The Labute approximate surface area is 114 Å². The van der Waals surface area contributed by atoms with E-state index in [0.29, 0.717) is 11.6 Å². The molecule has 98 valence electrons. The first-order chi connectivity index (χ1) is 9.72. The molecule has 0 radical (unpaired) electrons. The van der Waals surface area contributed by atoms with Crippen LogP contribution in [0.15, 0.2) is 54.7 Å². The van der Waals surface area contributed by atoms with Crippen LogP contribution in [0.1, 0.15) is 0 Å². The van der Waals surface area contributed by atoms with Gasteiger partial charge in [0.1, 0.15) is 17.8 Å². The number of nitrogens with zero attached hydrogens (tertiary/aromatic N) is 3. The van der Waals surface area contributed by atoms with Gasteiger partial charge in [-0.05, 0) is 24.3 Å². The molecule has 1 aromatic carbocycles. The van der Waals surface area contributed by atoms with Crippen LogP contribution in [0.4, 0.5) is 17.3 Å². The summed E-state index contributed by atoms with van der Waals surface area (Å²) in [6.07, 6.45) is 1.21. The van der Waals surface area contributed by atoms with Gasteiger partial charge in [0.2, 0.25) is 0 Å². The van der Waals surface area contributed by atoms with E-state index >= 15 is 0 Å². The van der Waals surface area contributed by atoms with Crippen molar-refractivity contribution in [3.05, 3.63) is 64.8 Å². The fourth-order valence-electron chi connectivity index (χ4n) is 1.83. The molecule has 0 amide bonds. The maximum atomic E-state index is 10.5. The number of hydrogen-bond acceptors (Lipinski definition) is 5. The molecule has 0 fully saturated rings. The number of hydrogen-bond donors (Lipinski definition) is 1. The maximum absolute atomic E-state index is 10.5. The van der Waals surface area contributed by atoms with E-state index in [-0.39, 0.29) is 5.69 Å². The summed E-state index contributed by atoms with van der Waals surface area (Å²) in [5, 5.41) is 14.6. The Morgan fingerprint density at radius 1 is 1.00 bits per heavy atom. The highest BCUT2D eigenvalue weighted by atomic mass is 16.6. The molecule has 0 aliphatic carbocycles. The van der Waals surface area contributed by atoms with Crippen molar-refractivity contribution in [2.24, 2.45) is 0 Å². The Kier molecular flexibility index (Phi) is 2.96. The second-order valence-electron chi connectivity index (χ2n) is 4.17. The number of nitro groups is 1. The monoisotopic (exact) mass is 266 g/mol. The van der Waals surface area contributed by atoms with Gasteiger partial charge >= 0.3 is 0 Å². The van der Waals surface area contributed by atoms with Gasteiger partial charge in [-0.3, -0.25) is 10.1 Å². The predicted octanol–water partition coefficient (Wildman–Crippen LogP) is 3.28. The van der Waals surface area contributed by atoms with Crippen molar-refractivity contribution in [1.29, 1.82) is 0 Å². The second kappa shape index (κ2) is 4.93. The highest BCUT2D eigenvalue weighted by molar-refractivity contribution is 5.80. The molecule has 0 unspecified atom stereocenters. The van der Waals surface area contributed by atoms with Crippen molar-refractivity contribution >= 4 is 28.2 Å². The van der Waals surface area contributed by atoms with E-state index in [1.165, 1.54) is 12.3 Å². The van der Waals surface area contributed by atoms with E-state index in [2.05, 4.69) is 15.3 Å². The Morgan fingerprint density at radius 2 is 1.80 bits per heavy atom. The quantitative estimate of drug-likeness (QED) is 0.581. The largest absolute Gasteiger partial charge is 0.325 e. The zero-order valence-electron chi connectivity index (χ0n) is 10.4. The van der Waals surface area contributed by atoms with Crippen LogP contribution < -0.4 is 5.32 Å². The Morgan fingerprint density at radius 3 is 2.55 bits per heavy atom. The summed E-state index contributed by atoms with van der Waals surface area (Å²) in [5.41, 5.74) is 0.835. The topological polar surface area (TPSA) is 81.0 Å². The van der Waals surface area contributed by atoms with Gasteiger partial charge in [0.05, 0.1) is 10.4 Å². The van der Waals surface area contributed by atoms with Crippen molar-refractivity contribution < 1.29 is 4.92 Å². The molecule has 0 spiro atoms. The molecule has 0 aliphatic heterocycles. The summed E-state index contributed by atoms with van der Waals surface area (Å²) in [6.45, 7) is 0. The summed E-state index contributed by atoms with van der Waals surface area (Å²) < 4.78 is 0. The zero-order chi connectivity index (χ0) is 13.9. The fraction of sp³-hybridized carbons (Fsp3) is 0. The van der Waals surface area contributed by atoms with E-state index < -0.39 is 4.92 Å².